The van der Waals surface area contributed by atoms with E-state index in [9.17, 15) is 0 Å². The summed E-state index contributed by atoms with van der Waals surface area (Å²) in [6.45, 7) is 27.1. The van der Waals surface area contributed by atoms with E-state index in [0.717, 1.165) is 66.4 Å². The molecule has 0 radical (unpaired) electrons. The third-order valence-electron chi connectivity index (χ3n) is 11.8. The fourth-order valence-electron chi connectivity index (χ4n) is 8.16. The standard InChI is InChI=1S/C48H48N8.Sb.H/c1-45(2,3)25-13-17-29-33(21-25)41-49-37(29)54-42-35-23-27(47(7,8)9)15-19-31(35)39(51-42)56-44-36-24-28(48(10,11)12)16-20-32(36)40(52-44)55-43-34-22-26(46(4,5)6)14-18-30(34)38(50-43)53-41;;/h13-24H,1-12H3;;/q-2;+2;. The molecule has 0 saturated carbocycles. The Morgan fingerprint density at radius 1 is 0.351 bits per heavy atom. The van der Waals surface area contributed by atoms with Crippen LogP contribution in [0.5, 0.6) is 0 Å². The van der Waals surface area contributed by atoms with E-state index in [4.69, 9.17) is 30.0 Å². The predicted molar refractivity (Wildman–Crippen MR) is 237 cm³/mol. The summed E-state index contributed by atoms with van der Waals surface area (Å²) in [7, 11) is 0. The molecule has 0 fully saturated rings. The van der Waals surface area contributed by atoms with Gasteiger partial charge in [-0.2, -0.15) is 0 Å². The summed E-state index contributed by atoms with van der Waals surface area (Å²) in [5.74, 6) is 4.50. The van der Waals surface area contributed by atoms with Gasteiger partial charge in [-0.1, -0.05) is 0 Å². The molecule has 0 unspecified atom stereocenters. The third-order valence-corrected chi connectivity index (χ3v) is 15.3. The van der Waals surface area contributed by atoms with Crippen molar-refractivity contribution in [2.45, 2.75) is 105 Å². The fraction of sp³-hybridized carbons (Fsp3) is 0.333. The number of rotatable bonds is 0. The topological polar surface area (TPSA) is 84.0 Å². The molecule has 0 N–H and O–H groups in total. The number of fused-ring (bicyclic) bond motifs is 14. The molecule has 4 aromatic carbocycles. The zero-order valence-corrected chi connectivity index (χ0v) is 37.9. The van der Waals surface area contributed by atoms with Gasteiger partial charge in [0.1, 0.15) is 0 Å². The van der Waals surface area contributed by atoms with Crippen molar-refractivity contribution in [1.29, 1.82) is 0 Å². The van der Waals surface area contributed by atoms with E-state index in [0.29, 0.717) is 23.3 Å². The molecular formula is C48H49N8Sb. The molecule has 8 nitrogen and oxygen atoms in total. The number of hydrogen-bond donors (Lipinski definition) is 0. The molecule has 0 atom stereocenters. The average molecular weight is 860 g/mol. The van der Waals surface area contributed by atoms with Gasteiger partial charge in [0, 0.05) is 0 Å². The van der Waals surface area contributed by atoms with Crippen LogP contribution in [0.1, 0.15) is 128 Å². The van der Waals surface area contributed by atoms with Gasteiger partial charge in [0.15, 0.2) is 0 Å². The predicted octanol–water partition coefficient (Wildman–Crippen LogP) is 9.39. The van der Waals surface area contributed by atoms with Crippen molar-refractivity contribution in [2.24, 2.45) is 30.0 Å². The molecule has 10 rings (SSSR count). The summed E-state index contributed by atoms with van der Waals surface area (Å²) in [5, 5.41) is 4.26. The Morgan fingerprint density at radius 2 is 0.737 bits per heavy atom. The molecule has 0 saturated heterocycles. The van der Waals surface area contributed by atoms with E-state index in [-0.39, 0.29) is 21.7 Å². The fourth-order valence-corrected chi connectivity index (χ4v) is 11.8. The molecular weight excluding hydrogens is 810 g/mol. The van der Waals surface area contributed by atoms with Crippen molar-refractivity contribution in [3.63, 3.8) is 0 Å². The Hall–Kier alpha value is -4.94. The van der Waals surface area contributed by atoms with Crippen LogP contribution in [0, 0.1) is 0 Å². The zero-order valence-electron chi connectivity index (χ0n) is 35.0. The molecule has 4 aliphatic rings. The van der Waals surface area contributed by atoms with Crippen molar-refractivity contribution in [3.8, 4) is 0 Å². The number of benzene rings is 4. The number of aromatic nitrogens is 2. The molecule has 2 aromatic heterocycles. The quantitative estimate of drug-likeness (QED) is 0.137. The molecule has 4 aliphatic heterocycles. The molecule has 6 heterocycles. The van der Waals surface area contributed by atoms with Gasteiger partial charge in [-0.15, -0.1) is 0 Å². The first-order chi connectivity index (χ1) is 26.7. The second kappa shape index (κ2) is 11.8. The molecule has 0 amide bonds. The van der Waals surface area contributed by atoms with Gasteiger partial charge in [-0.3, -0.25) is 0 Å². The SMILES string of the molecule is CC(C)(C)c1ccc2c(c1)C1=NC2=Nc2c3cc(C(C)(C)C)ccc3c3[n]2[SbH][n]2c(c4ccc(C(C)(C)C)cc4c2=NC2=NC(=N3)c3cc(C(C)(C)C)ccc32)=N1. The Kier molecular flexibility index (Phi) is 7.55. The van der Waals surface area contributed by atoms with Crippen LogP contribution < -0.4 is 11.0 Å². The third kappa shape index (κ3) is 5.68. The van der Waals surface area contributed by atoms with E-state index in [1.54, 1.807) is 0 Å². The summed E-state index contributed by atoms with van der Waals surface area (Å²) < 4.78 is 4.83. The van der Waals surface area contributed by atoms with Crippen LogP contribution in [0.25, 0.3) is 21.5 Å². The first-order valence-corrected chi connectivity index (χ1v) is 22.5. The van der Waals surface area contributed by atoms with Gasteiger partial charge < -0.3 is 0 Å². The van der Waals surface area contributed by atoms with E-state index in [2.05, 4.69) is 161 Å². The van der Waals surface area contributed by atoms with Gasteiger partial charge in [-0.25, -0.2) is 0 Å². The van der Waals surface area contributed by atoms with Gasteiger partial charge in [0.2, 0.25) is 0 Å². The number of nitrogens with zero attached hydrogens (tertiary/aromatic N) is 8. The Balaban J connectivity index is 1.41. The Bertz CT molecular complexity index is 3060. The number of amidine groups is 4. The van der Waals surface area contributed by atoms with Crippen LogP contribution in [-0.2, 0) is 21.7 Å². The van der Waals surface area contributed by atoms with Crippen molar-refractivity contribution in [1.82, 2.24) is 5.45 Å². The Labute approximate surface area is 345 Å². The van der Waals surface area contributed by atoms with Crippen LogP contribution in [0.4, 0.5) is 11.6 Å². The van der Waals surface area contributed by atoms with Gasteiger partial charge in [0.05, 0.1) is 0 Å². The van der Waals surface area contributed by atoms with Crippen LogP contribution in [-0.4, -0.2) is 51.0 Å². The van der Waals surface area contributed by atoms with Crippen molar-refractivity contribution >= 4 is 78.7 Å². The number of hydrogen-bond acceptors (Lipinski definition) is 6. The molecule has 286 valence electrons. The summed E-state index contributed by atoms with van der Waals surface area (Å²) in [5.41, 5.74) is 10.5. The summed E-state index contributed by atoms with van der Waals surface area (Å²) >= 11 is -1.92. The van der Waals surface area contributed by atoms with Gasteiger partial charge >= 0.3 is 347 Å². The second-order valence-electron chi connectivity index (χ2n) is 20.1. The molecule has 6 bridgehead atoms. The minimum atomic E-state index is -1.92. The maximum absolute atomic E-state index is 5.57. The molecule has 0 spiro atoms. The van der Waals surface area contributed by atoms with Crippen LogP contribution >= 0.6 is 0 Å². The van der Waals surface area contributed by atoms with Crippen molar-refractivity contribution in [2.75, 3.05) is 0 Å². The summed E-state index contributed by atoms with van der Waals surface area (Å²) in [6, 6.07) is 27.0. The van der Waals surface area contributed by atoms with Crippen molar-refractivity contribution in [3.05, 3.63) is 128 Å². The first kappa shape index (κ1) is 36.4. The van der Waals surface area contributed by atoms with E-state index < -0.39 is 22.2 Å². The maximum atomic E-state index is 5.57. The zero-order chi connectivity index (χ0) is 40.1. The van der Waals surface area contributed by atoms with Crippen molar-refractivity contribution < 1.29 is 0 Å². The van der Waals surface area contributed by atoms with Crippen LogP contribution in [0.15, 0.2) is 103 Å². The first-order valence-electron chi connectivity index (χ1n) is 20.0. The normalized spacial score (nSPS) is 16.0. The summed E-state index contributed by atoms with van der Waals surface area (Å²) in [4.78, 5) is 32.9. The Morgan fingerprint density at radius 3 is 1.26 bits per heavy atom. The molecule has 9 heteroatoms. The van der Waals surface area contributed by atoms with E-state index in [1.807, 2.05) is 0 Å². The van der Waals surface area contributed by atoms with E-state index in [1.165, 1.54) is 22.3 Å². The minimum absolute atomic E-state index is 0.0493. The van der Waals surface area contributed by atoms with Crippen LogP contribution in [0.2, 0.25) is 0 Å². The number of aliphatic imine (C=N–C) groups is 4. The summed E-state index contributed by atoms with van der Waals surface area (Å²) in [6.07, 6.45) is 0. The molecule has 6 aromatic rings. The average Bonchev–Trinajstić information content (AvgIpc) is 3.82. The second-order valence-corrected chi connectivity index (χ2v) is 23.2. The molecule has 0 aliphatic carbocycles. The van der Waals surface area contributed by atoms with Gasteiger partial charge in [0.25, 0.3) is 0 Å². The van der Waals surface area contributed by atoms with E-state index >= 15 is 0 Å². The monoisotopic (exact) mass is 858 g/mol. The molecule has 57 heavy (non-hydrogen) atoms. The van der Waals surface area contributed by atoms with Crippen LogP contribution in [0.3, 0.4) is 0 Å². The van der Waals surface area contributed by atoms with Gasteiger partial charge in [-0.05, 0) is 0 Å².